The number of carbonyl (C=O) groups excluding carboxylic acids is 1. The lowest BCUT2D eigenvalue weighted by atomic mass is 10.1. The molecule has 2 aromatic rings. The van der Waals surface area contributed by atoms with Crippen LogP contribution >= 0.6 is 0 Å². The summed E-state index contributed by atoms with van der Waals surface area (Å²) in [5.74, 6) is -0.106. The summed E-state index contributed by atoms with van der Waals surface area (Å²) in [6.45, 7) is 3.75. The number of non-ortho nitro benzene ring substituents is 1. The van der Waals surface area contributed by atoms with Crippen molar-refractivity contribution in [2.75, 3.05) is 5.32 Å². The monoisotopic (exact) mass is 351 g/mol. The van der Waals surface area contributed by atoms with Crippen molar-refractivity contribution < 1.29 is 14.5 Å². The molecule has 2 rings (SSSR count). The van der Waals surface area contributed by atoms with E-state index in [2.05, 4.69) is 5.32 Å². The van der Waals surface area contributed by atoms with E-state index in [1.165, 1.54) is 30.3 Å². The number of benzene rings is 2. The third-order valence-electron chi connectivity index (χ3n) is 3.26. The van der Waals surface area contributed by atoms with E-state index in [9.17, 15) is 20.2 Å². The van der Waals surface area contributed by atoms with Gasteiger partial charge in [0.05, 0.1) is 11.0 Å². The summed E-state index contributed by atoms with van der Waals surface area (Å²) in [5.41, 5.74) is 0.529. The summed E-state index contributed by atoms with van der Waals surface area (Å²) in [4.78, 5) is 22.6. The molecule has 0 aliphatic rings. The van der Waals surface area contributed by atoms with E-state index in [1.54, 1.807) is 24.3 Å². The number of nitro groups is 1. The Morgan fingerprint density at radius 2 is 2.00 bits per heavy atom. The summed E-state index contributed by atoms with van der Waals surface area (Å²) in [6.07, 6.45) is 1.36. The number of carbonyl (C=O) groups is 1. The molecule has 0 atom stereocenters. The number of amides is 1. The van der Waals surface area contributed by atoms with E-state index in [0.29, 0.717) is 11.3 Å². The fourth-order valence-corrected chi connectivity index (χ4v) is 2.16. The molecule has 7 nitrogen and oxygen atoms in total. The molecule has 26 heavy (non-hydrogen) atoms. The van der Waals surface area contributed by atoms with E-state index >= 15 is 0 Å². The van der Waals surface area contributed by atoms with Crippen LogP contribution in [0.15, 0.2) is 54.1 Å². The molecule has 0 aliphatic heterocycles. The fraction of sp³-hybridized carbons (Fsp3) is 0.158. The Morgan fingerprint density at radius 1 is 1.27 bits per heavy atom. The maximum absolute atomic E-state index is 12.4. The van der Waals surface area contributed by atoms with Gasteiger partial charge in [0.25, 0.3) is 11.6 Å². The van der Waals surface area contributed by atoms with Crippen molar-refractivity contribution >= 4 is 23.4 Å². The second-order valence-corrected chi connectivity index (χ2v) is 5.64. The average molecular weight is 351 g/mol. The van der Waals surface area contributed by atoms with Crippen molar-refractivity contribution in [2.24, 2.45) is 0 Å². The van der Waals surface area contributed by atoms with Gasteiger partial charge in [-0.05, 0) is 32.1 Å². The Kier molecular flexibility index (Phi) is 6.06. The lowest BCUT2D eigenvalue weighted by molar-refractivity contribution is -0.384. The summed E-state index contributed by atoms with van der Waals surface area (Å²) in [5, 5.41) is 22.6. The minimum absolute atomic E-state index is 0.0613. The van der Waals surface area contributed by atoms with Crippen molar-refractivity contribution in [3.63, 3.8) is 0 Å². The van der Waals surface area contributed by atoms with E-state index < -0.39 is 10.8 Å². The zero-order valence-electron chi connectivity index (χ0n) is 14.3. The summed E-state index contributed by atoms with van der Waals surface area (Å²) in [7, 11) is 0. The first-order chi connectivity index (χ1) is 12.4. The first-order valence-corrected chi connectivity index (χ1v) is 7.84. The highest BCUT2D eigenvalue weighted by Crippen LogP contribution is 2.23. The molecule has 0 radical (unpaired) electrons. The number of nitrogens with one attached hydrogen (secondary N) is 1. The highest BCUT2D eigenvalue weighted by Gasteiger charge is 2.13. The Hall–Kier alpha value is -3.66. The molecule has 0 unspecified atom stereocenters. The first-order valence-electron chi connectivity index (χ1n) is 7.84. The number of hydrogen-bond donors (Lipinski definition) is 1. The minimum Gasteiger partial charge on any atom is -0.490 e. The van der Waals surface area contributed by atoms with Crippen LogP contribution in [0.1, 0.15) is 19.4 Å². The van der Waals surface area contributed by atoms with Crippen molar-refractivity contribution in [3.05, 3.63) is 69.8 Å². The third-order valence-corrected chi connectivity index (χ3v) is 3.26. The van der Waals surface area contributed by atoms with E-state index in [0.717, 1.165) is 0 Å². The zero-order valence-corrected chi connectivity index (χ0v) is 14.3. The minimum atomic E-state index is -0.660. The van der Waals surface area contributed by atoms with Crippen molar-refractivity contribution in [1.29, 1.82) is 5.26 Å². The summed E-state index contributed by atoms with van der Waals surface area (Å²) >= 11 is 0. The van der Waals surface area contributed by atoms with Gasteiger partial charge in [0.1, 0.15) is 17.4 Å². The van der Waals surface area contributed by atoms with Crippen molar-refractivity contribution in [2.45, 2.75) is 20.0 Å². The number of nitriles is 1. The number of rotatable bonds is 6. The lowest BCUT2D eigenvalue weighted by Crippen LogP contribution is -2.13. The van der Waals surface area contributed by atoms with Crippen LogP contribution in [0.2, 0.25) is 0 Å². The van der Waals surface area contributed by atoms with Crippen LogP contribution in [-0.2, 0) is 4.79 Å². The summed E-state index contributed by atoms with van der Waals surface area (Å²) < 4.78 is 5.67. The molecular weight excluding hydrogens is 334 g/mol. The van der Waals surface area contributed by atoms with Crippen molar-refractivity contribution in [1.82, 2.24) is 0 Å². The van der Waals surface area contributed by atoms with Crippen molar-refractivity contribution in [3.8, 4) is 11.8 Å². The van der Waals surface area contributed by atoms with Crippen LogP contribution in [0.5, 0.6) is 5.75 Å². The number of para-hydroxylation sites is 1. The Balaban J connectivity index is 2.27. The lowest BCUT2D eigenvalue weighted by Gasteiger charge is -2.12. The van der Waals surface area contributed by atoms with Crippen LogP contribution in [0.4, 0.5) is 11.4 Å². The van der Waals surface area contributed by atoms with Crippen LogP contribution in [0.3, 0.4) is 0 Å². The molecule has 1 amide bonds. The van der Waals surface area contributed by atoms with E-state index in [-0.39, 0.29) is 23.1 Å². The van der Waals surface area contributed by atoms with Crippen LogP contribution in [-0.4, -0.2) is 16.9 Å². The molecule has 0 aliphatic carbocycles. The standard InChI is InChI=1S/C19H17N3O4/c1-13(2)26-18-9-4-3-6-14(18)10-15(12-20)19(23)21-16-7-5-8-17(11-16)22(24)25/h3-11,13H,1-2H3,(H,21,23)/b15-10+. The van der Waals surface area contributed by atoms with Gasteiger partial charge in [-0.25, -0.2) is 0 Å². The Morgan fingerprint density at radius 3 is 2.65 bits per heavy atom. The first kappa shape index (κ1) is 18.7. The van der Waals surface area contributed by atoms with Gasteiger partial charge >= 0.3 is 0 Å². The topological polar surface area (TPSA) is 105 Å². The Bertz CT molecular complexity index is 898. The molecule has 0 saturated carbocycles. The maximum Gasteiger partial charge on any atom is 0.271 e. The molecule has 2 aromatic carbocycles. The molecule has 132 valence electrons. The molecule has 0 aromatic heterocycles. The van der Waals surface area contributed by atoms with Gasteiger partial charge in [-0.2, -0.15) is 5.26 Å². The highest BCUT2D eigenvalue weighted by molar-refractivity contribution is 6.09. The molecular formula is C19H17N3O4. The fourth-order valence-electron chi connectivity index (χ4n) is 2.16. The molecule has 0 saturated heterocycles. The average Bonchev–Trinajstić information content (AvgIpc) is 2.60. The predicted octanol–water partition coefficient (Wildman–Crippen LogP) is 3.93. The molecule has 0 spiro atoms. The second kappa shape index (κ2) is 8.44. The SMILES string of the molecule is CC(C)Oc1ccccc1/C=C(\C#N)C(=O)Nc1cccc([N+](=O)[O-])c1. The smallest absolute Gasteiger partial charge is 0.271 e. The largest absolute Gasteiger partial charge is 0.490 e. The number of ether oxygens (including phenoxy) is 1. The van der Waals surface area contributed by atoms with Gasteiger partial charge < -0.3 is 10.1 Å². The number of nitro benzene ring substituents is 1. The molecule has 0 fully saturated rings. The van der Waals surface area contributed by atoms with Gasteiger partial charge in [-0.3, -0.25) is 14.9 Å². The van der Waals surface area contributed by atoms with Gasteiger partial charge in [-0.1, -0.05) is 24.3 Å². The summed E-state index contributed by atoms with van der Waals surface area (Å²) in [6, 6.07) is 14.4. The van der Waals surface area contributed by atoms with Gasteiger partial charge in [0, 0.05) is 23.4 Å². The number of anilines is 1. The van der Waals surface area contributed by atoms with Crippen LogP contribution in [0, 0.1) is 21.4 Å². The van der Waals surface area contributed by atoms with Crippen LogP contribution < -0.4 is 10.1 Å². The van der Waals surface area contributed by atoms with Gasteiger partial charge in [-0.15, -0.1) is 0 Å². The van der Waals surface area contributed by atoms with Gasteiger partial charge in [0.2, 0.25) is 0 Å². The molecule has 1 N–H and O–H groups in total. The quantitative estimate of drug-likeness (QED) is 0.367. The second-order valence-electron chi connectivity index (χ2n) is 5.64. The van der Waals surface area contributed by atoms with Crippen LogP contribution in [0.25, 0.3) is 6.08 Å². The van der Waals surface area contributed by atoms with E-state index in [4.69, 9.17) is 4.74 Å². The number of hydrogen-bond acceptors (Lipinski definition) is 5. The Labute approximate surface area is 150 Å². The van der Waals surface area contributed by atoms with E-state index in [1.807, 2.05) is 19.9 Å². The molecule has 0 heterocycles. The third kappa shape index (κ3) is 4.92. The molecule has 0 bridgehead atoms. The maximum atomic E-state index is 12.4. The normalized spacial score (nSPS) is 10.9. The zero-order chi connectivity index (χ0) is 19.1. The molecule has 7 heteroatoms. The highest BCUT2D eigenvalue weighted by atomic mass is 16.6. The predicted molar refractivity (Wildman–Crippen MR) is 97.5 cm³/mol. The van der Waals surface area contributed by atoms with Gasteiger partial charge in [0.15, 0.2) is 0 Å². The number of nitrogens with zero attached hydrogens (tertiary/aromatic N) is 2.